The Labute approximate surface area is 178 Å². The topological polar surface area (TPSA) is 101 Å². The molecule has 2 aromatic carbocycles. The summed E-state index contributed by atoms with van der Waals surface area (Å²) in [6.45, 7) is 2.58. The number of fused-ring (bicyclic) bond motifs is 3. The van der Waals surface area contributed by atoms with Crippen molar-refractivity contribution >= 4 is 38.4 Å². The number of thiazole rings is 1. The minimum Gasteiger partial charge on any atom is -0.507 e. The van der Waals surface area contributed by atoms with Gasteiger partial charge in [-0.3, -0.25) is 9.78 Å². The lowest BCUT2D eigenvalue weighted by Gasteiger charge is -2.29. The maximum absolute atomic E-state index is 13.0. The van der Waals surface area contributed by atoms with Gasteiger partial charge >= 0.3 is 0 Å². The molecule has 7 heteroatoms. The monoisotopic (exact) mass is 420 g/mol. The Balaban J connectivity index is 1.75. The van der Waals surface area contributed by atoms with Gasteiger partial charge in [0.15, 0.2) is 0 Å². The number of hydrogen-bond acceptors (Lipinski definition) is 6. The number of nitrogens with two attached hydrogens (primary N) is 1. The van der Waals surface area contributed by atoms with E-state index in [2.05, 4.69) is 10.3 Å². The lowest BCUT2D eigenvalue weighted by molar-refractivity contribution is 0.0895. The SMILES string of the molecule is CC(CCCCN)(NC(=O)c1ccccc1O)c1nc2cnc3ccccc3c2s1. The van der Waals surface area contributed by atoms with Crippen molar-refractivity contribution in [3.05, 3.63) is 65.3 Å². The number of hydrogen-bond donors (Lipinski definition) is 3. The Morgan fingerprint density at radius 1 is 1.13 bits per heavy atom. The molecule has 6 nitrogen and oxygen atoms in total. The molecule has 1 amide bonds. The van der Waals surface area contributed by atoms with Gasteiger partial charge in [0.05, 0.1) is 27.5 Å². The van der Waals surface area contributed by atoms with Gasteiger partial charge in [-0.25, -0.2) is 4.98 Å². The molecule has 0 aliphatic rings. The number of para-hydroxylation sites is 2. The number of nitrogens with zero attached hydrogens (tertiary/aromatic N) is 2. The summed E-state index contributed by atoms with van der Waals surface area (Å²) in [6.07, 6.45) is 4.18. The molecular formula is C23H24N4O2S. The number of pyridine rings is 1. The Kier molecular flexibility index (Phi) is 5.65. The van der Waals surface area contributed by atoms with E-state index in [1.807, 2.05) is 31.2 Å². The summed E-state index contributed by atoms with van der Waals surface area (Å²) < 4.78 is 1.05. The number of rotatable bonds is 7. The number of phenolic OH excluding ortho intramolecular Hbond substituents is 1. The molecule has 4 rings (SSSR count). The second-order valence-corrected chi connectivity index (χ2v) is 8.56. The average Bonchev–Trinajstić information content (AvgIpc) is 3.20. The van der Waals surface area contributed by atoms with E-state index in [-0.39, 0.29) is 17.2 Å². The van der Waals surface area contributed by atoms with Gasteiger partial charge in [0.25, 0.3) is 5.91 Å². The zero-order valence-corrected chi connectivity index (χ0v) is 17.6. The fourth-order valence-corrected chi connectivity index (χ4v) is 4.79. The maximum Gasteiger partial charge on any atom is 0.255 e. The number of aromatic hydroxyl groups is 1. The Morgan fingerprint density at radius 3 is 2.70 bits per heavy atom. The summed E-state index contributed by atoms with van der Waals surface area (Å²) in [4.78, 5) is 22.3. The van der Waals surface area contributed by atoms with E-state index >= 15 is 0 Å². The molecule has 2 aromatic heterocycles. The van der Waals surface area contributed by atoms with Gasteiger partial charge in [-0.15, -0.1) is 11.3 Å². The summed E-state index contributed by atoms with van der Waals surface area (Å²) in [5, 5.41) is 15.1. The van der Waals surface area contributed by atoms with E-state index in [1.54, 1.807) is 35.7 Å². The first kappa shape index (κ1) is 20.3. The first-order valence-corrected chi connectivity index (χ1v) is 10.8. The van der Waals surface area contributed by atoms with Gasteiger partial charge in [-0.1, -0.05) is 30.3 Å². The molecule has 0 radical (unpaired) electrons. The smallest absolute Gasteiger partial charge is 0.255 e. The molecule has 30 heavy (non-hydrogen) atoms. The number of amides is 1. The highest BCUT2D eigenvalue weighted by atomic mass is 32.1. The van der Waals surface area contributed by atoms with Gasteiger partial charge in [0.1, 0.15) is 16.3 Å². The Bertz CT molecular complexity index is 1210. The molecule has 4 aromatic rings. The van der Waals surface area contributed by atoms with Crippen molar-refractivity contribution in [1.82, 2.24) is 15.3 Å². The summed E-state index contributed by atoms with van der Waals surface area (Å²) in [5.41, 5.74) is 6.98. The molecule has 154 valence electrons. The third-order valence-electron chi connectivity index (χ3n) is 5.27. The molecular weight excluding hydrogens is 396 g/mol. The molecule has 4 N–H and O–H groups in total. The summed E-state index contributed by atoms with van der Waals surface area (Å²) in [6, 6.07) is 14.5. The van der Waals surface area contributed by atoms with Crippen molar-refractivity contribution in [3.63, 3.8) is 0 Å². The number of benzene rings is 2. The highest BCUT2D eigenvalue weighted by Gasteiger charge is 2.33. The summed E-state index contributed by atoms with van der Waals surface area (Å²) >= 11 is 1.57. The molecule has 0 saturated heterocycles. The zero-order chi connectivity index (χ0) is 21.1. The Hall–Kier alpha value is -3.03. The maximum atomic E-state index is 13.0. The van der Waals surface area contributed by atoms with Crippen LogP contribution in [0, 0.1) is 0 Å². The molecule has 1 unspecified atom stereocenters. The van der Waals surface area contributed by atoms with Crippen LogP contribution in [0.5, 0.6) is 5.75 Å². The van der Waals surface area contributed by atoms with Crippen LogP contribution in [0.1, 0.15) is 41.6 Å². The predicted molar refractivity (Wildman–Crippen MR) is 121 cm³/mol. The second-order valence-electron chi connectivity index (χ2n) is 7.56. The highest BCUT2D eigenvalue weighted by molar-refractivity contribution is 7.19. The lowest BCUT2D eigenvalue weighted by Crippen LogP contribution is -2.43. The first-order valence-electron chi connectivity index (χ1n) is 9.97. The van der Waals surface area contributed by atoms with E-state index < -0.39 is 5.54 Å². The van der Waals surface area contributed by atoms with Crippen molar-refractivity contribution in [2.45, 2.75) is 31.7 Å². The fourth-order valence-electron chi connectivity index (χ4n) is 3.59. The zero-order valence-electron chi connectivity index (χ0n) is 16.8. The van der Waals surface area contributed by atoms with Crippen molar-refractivity contribution in [3.8, 4) is 5.75 Å². The average molecular weight is 421 g/mol. The molecule has 0 aliphatic heterocycles. The third kappa shape index (κ3) is 3.86. The van der Waals surface area contributed by atoms with Gasteiger partial charge in [0.2, 0.25) is 0 Å². The molecule has 0 fully saturated rings. The van der Waals surface area contributed by atoms with Crippen LogP contribution in [0.25, 0.3) is 21.1 Å². The molecule has 2 heterocycles. The second kappa shape index (κ2) is 8.38. The van der Waals surface area contributed by atoms with E-state index in [9.17, 15) is 9.90 Å². The number of carbonyl (C=O) groups is 1. The van der Waals surface area contributed by atoms with Crippen molar-refractivity contribution in [1.29, 1.82) is 0 Å². The van der Waals surface area contributed by atoms with Crippen LogP contribution in [-0.2, 0) is 5.54 Å². The van der Waals surface area contributed by atoms with Crippen molar-refractivity contribution < 1.29 is 9.90 Å². The van der Waals surface area contributed by atoms with E-state index in [0.717, 1.165) is 39.0 Å². The van der Waals surface area contributed by atoms with Gasteiger partial charge in [-0.2, -0.15) is 0 Å². The van der Waals surface area contributed by atoms with Crippen LogP contribution < -0.4 is 11.1 Å². The standard InChI is InChI=1S/C23H24N4O2S/c1-23(12-6-7-13-24,27-21(29)16-9-3-5-11-19(16)28)22-26-18-14-25-17-10-4-2-8-15(17)20(18)30-22/h2-5,8-11,14,28H,6-7,12-13,24H2,1H3,(H,27,29). The minimum absolute atomic E-state index is 0.0428. The van der Waals surface area contributed by atoms with Crippen LogP contribution in [-0.4, -0.2) is 27.5 Å². The number of aromatic nitrogens is 2. The molecule has 0 spiro atoms. The van der Waals surface area contributed by atoms with Crippen LogP contribution in [0.2, 0.25) is 0 Å². The van der Waals surface area contributed by atoms with Gasteiger partial charge < -0.3 is 16.2 Å². The van der Waals surface area contributed by atoms with E-state index in [1.165, 1.54) is 6.07 Å². The largest absolute Gasteiger partial charge is 0.507 e. The van der Waals surface area contributed by atoms with Crippen LogP contribution in [0.3, 0.4) is 0 Å². The number of unbranched alkanes of at least 4 members (excludes halogenated alkanes) is 1. The number of nitrogens with one attached hydrogen (secondary N) is 1. The third-order valence-corrected chi connectivity index (χ3v) is 6.64. The van der Waals surface area contributed by atoms with Gasteiger partial charge in [0, 0.05) is 5.39 Å². The molecule has 1 atom stereocenters. The summed E-state index contributed by atoms with van der Waals surface area (Å²) in [5.74, 6) is -0.371. The molecule has 0 aliphatic carbocycles. The quantitative estimate of drug-likeness (QED) is 0.387. The van der Waals surface area contributed by atoms with E-state index in [4.69, 9.17) is 10.7 Å². The molecule has 0 saturated carbocycles. The normalized spacial score (nSPS) is 13.4. The minimum atomic E-state index is -0.695. The van der Waals surface area contributed by atoms with Crippen molar-refractivity contribution in [2.24, 2.45) is 5.73 Å². The number of phenols is 1. The van der Waals surface area contributed by atoms with E-state index in [0.29, 0.717) is 13.0 Å². The molecule has 0 bridgehead atoms. The predicted octanol–water partition coefficient (Wildman–Crippen LogP) is 4.32. The highest BCUT2D eigenvalue weighted by Crippen LogP contribution is 2.36. The lowest BCUT2D eigenvalue weighted by atomic mass is 9.94. The summed E-state index contributed by atoms with van der Waals surface area (Å²) in [7, 11) is 0. The first-order chi connectivity index (χ1) is 14.5. The van der Waals surface area contributed by atoms with Crippen LogP contribution in [0.15, 0.2) is 54.7 Å². The number of carbonyl (C=O) groups excluding carboxylic acids is 1. The van der Waals surface area contributed by atoms with Crippen LogP contribution in [0.4, 0.5) is 0 Å². The van der Waals surface area contributed by atoms with Crippen molar-refractivity contribution in [2.75, 3.05) is 6.54 Å². The Morgan fingerprint density at radius 2 is 1.90 bits per heavy atom. The fraction of sp³-hybridized carbons (Fsp3) is 0.261. The van der Waals surface area contributed by atoms with Gasteiger partial charge in [-0.05, 0) is 50.9 Å². The van der Waals surface area contributed by atoms with Crippen LogP contribution >= 0.6 is 11.3 Å².